The number of halogens is 1. The predicted octanol–water partition coefficient (Wildman–Crippen LogP) is 3.40. The van der Waals surface area contributed by atoms with Crippen LogP contribution in [0.3, 0.4) is 0 Å². The van der Waals surface area contributed by atoms with Gasteiger partial charge in [0.05, 0.1) is 6.10 Å². The minimum atomic E-state index is 0.462. The molecule has 0 spiro atoms. The van der Waals surface area contributed by atoms with Crippen LogP contribution in [-0.4, -0.2) is 12.7 Å². The summed E-state index contributed by atoms with van der Waals surface area (Å²) in [5.41, 5.74) is 1.40. The first kappa shape index (κ1) is 10.4. The van der Waals surface area contributed by atoms with Gasteiger partial charge >= 0.3 is 0 Å². The van der Waals surface area contributed by atoms with Crippen LogP contribution in [0.15, 0.2) is 24.3 Å². The van der Waals surface area contributed by atoms with Crippen LogP contribution >= 0.6 is 22.6 Å². The van der Waals surface area contributed by atoms with Gasteiger partial charge in [0.25, 0.3) is 0 Å². The summed E-state index contributed by atoms with van der Waals surface area (Å²) in [5, 5.41) is 0. The van der Waals surface area contributed by atoms with Crippen LogP contribution in [0.25, 0.3) is 0 Å². The van der Waals surface area contributed by atoms with Crippen LogP contribution in [0.5, 0.6) is 0 Å². The predicted molar refractivity (Wildman–Crippen MR) is 66.5 cm³/mol. The average Bonchev–Trinajstić information content (AvgIpc) is 2.23. The Kier molecular flexibility index (Phi) is 3.81. The van der Waals surface area contributed by atoms with Crippen molar-refractivity contribution in [1.82, 2.24) is 0 Å². The summed E-state index contributed by atoms with van der Waals surface area (Å²) in [5.74, 6) is 0. The van der Waals surface area contributed by atoms with Gasteiger partial charge < -0.3 is 4.74 Å². The molecule has 1 unspecified atom stereocenters. The van der Waals surface area contributed by atoms with E-state index in [0.717, 1.165) is 13.0 Å². The molecule has 2 rings (SSSR count). The van der Waals surface area contributed by atoms with E-state index in [1.54, 1.807) is 0 Å². The van der Waals surface area contributed by atoms with E-state index in [0.29, 0.717) is 6.10 Å². The fourth-order valence-electron chi connectivity index (χ4n) is 1.85. The first-order chi connectivity index (χ1) is 6.84. The first-order valence-corrected chi connectivity index (χ1v) is 6.28. The Balaban J connectivity index is 1.92. The SMILES string of the molecule is Ic1ccc(CC2CCCCO2)cc1. The molecular weight excluding hydrogens is 287 g/mol. The van der Waals surface area contributed by atoms with Crippen LogP contribution in [0.1, 0.15) is 24.8 Å². The van der Waals surface area contributed by atoms with Crippen molar-refractivity contribution in [3.63, 3.8) is 0 Å². The molecule has 76 valence electrons. The highest BCUT2D eigenvalue weighted by atomic mass is 127. The van der Waals surface area contributed by atoms with Crippen LogP contribution in [0.2, 0.25) is 0 Å². The molecule has 1 heterocycles. The lowest BCUT2D eigenvalue weighted by molar-refractivity contribution is 0.0168. The van der Waals surface area contributed by atoms with Gasteiger partial charge in [-0.3, -0.25) is 0 Å². The Morgan fingerprint density at radius 1 is 1.21 bits per heavy atom. The maximum atomic E-state index is 5.71. The molecule has 1 aromatic rings. The first-order valence-electron chi connectivity index (χ1n) is 5.20. The lowest BCUT2D eigenvalue weighted by atomic mass is 10.0. The molecule has 0 bridgehead atoms. The molecule has 1 nitrogen and oxygen atoms in total. The maximum absolute atomic E-state index is 5.71. The monoisotopic (exact) mass is 302 g/mol. The quantitative estimate of drug-likeness (QED) is 0.761. The van der Waals surface area contributed by atoms with Gasteiger partial charge in [-0.05, 0) is 66.0 Å². The van der Waals surface area contributed by atoms with Gasteiger partial charge in [0, 0.05) is 10.2 Å². The highest BCUT2D eigenvalue weighted by molar-refractivity contribution is 14.1. The van der Waals surface area contributed by atoms with E-state index in [1.165, 1.54) is 28.4 Å². The topological polar surface area (TPSA) is 9.23 Å². The second-order valence-corrected chi connectivity index (χ2v) is 5.06. The Hall–Kier alpha value is -0.0900. The van der Waals surface area contributed by atoms with E-state index in [2.05, 4.69) is 46.9 Å². The highest BCUT2D eigenvalue weighted by Crippen LogP contribution is 2.17. The van der Waals surface area contributed by atoms with Crippen molar-refractivity contribution >= 4 is 22.6 Å². The molecule has 0 N–H and O–H groups in total. The number of ether oxygens (including phenoxy) is 1. The summed E-state index contributed by atoms with van der Waals surface area (Å²) in [6.45, 7) is 0.953. The molecular formula is C12H15IO. The normalized spacial score (nSPS) is 22.2. The molecule has 0 amide bonds. The number of hydrogen-bond donors (Lipinski definition) is 0. The Morgan fingerprint density at radius 2 is 2.00 bits per heavy atom. The molecule has 14 heavy (non-hydrogen) atoms. The van der Waals surface area contributed by atoms with Gasteiger partial charge in [0.2, 0.25) is 0 Å². The van der Waals surface area contributed by atoms with Crippen molar-refractivity contribution < 1.29 is 4.74 Å². The van der Waals surface area contributed by atoms with Gasteiger partial charge in [0.15, 0.2) is 0 Å². The number of rotatable bonds is 2. The van der Waals surface area contributed by atoms with Crippen LogP contribution in [-0.2, 0) is 11.2 Å². The summed E-state index contributed by atoms with van der Waals surface area (Å²) in [4.78, 5) is 0. The van der Waals surface area contributed by atoms with Gasteiger partial charge in [0.1, 0.15) is 0 Å². The van der Waals surface area contributed by atoms with Gasteiger partial charge in [-0.2, -0.15) is 0 Å². The summed E-state index contributed by atoms with van der Waals surface area (Å²) in [7, 11) is 0. The average molecular weight is 302 g/mol. The van der Waals surface area contributed by atoms with Crippen LogP contribution < -0.4 is 0 Å². The third kappa shape index (κ3) is 2.95. The molecule has 0 aliphatic carbocycles. The molecule has 1 fully saturated rings. The van der Waals surface area contributed by atoms with Gasteiger partial charge in [-0.25, -0.2) is 0 Å². The molecule has 1 aromatic carbocycles. The minimum absolute atomic E-state index is 0.462. The lowest BCUT2D eigenvalue weighted by Gasteiger charge is -2.22. The summed E-state index contributed by atoms with van der Waals surface area (Å²) in [6, 6.07) is 8.75. The number of benzene rings is 1. The van der Waals surface area contributed by atoms with Gasteiger partial charge in [-0.1, -0.05) is 12.1 Å². The van der Waals surface area contributed by atoms with E-state index in [9.17, 15) is 0 Å². The largest absolute Gasteiger partial charge is 0.378 e. The van der Waals surface area contributed by atoms with E-state index in [4.69, 9.17) is 4.74 Å². The van der Waals surface area contributed by atoms with Crippen molar-refractivity contribution in [2.45, 2.75) is 31.8 Å². The van der Waals surface area contributed by atoms with E-state index in [1.807, 2.05) is 0 Å². The van der Waals surface area contributed by atoms with Crippen molar-refractivity contribution in [2.75, 3.05) is 6.61 Å². The smallest absolute Gasteiger partial charge is 0.0615 e. The lowest BCUT2D eigenvalue weighted by Crippen LogP contribution is -2.21. The molecule has 0 aromatic heterocycles. The highest BCUT2D eigenvalue weighted by Gasteiger charge is 2.13. The third-order valence-electron chi connectivity index (χ3n) is 2.65. The number of hydrogen-bond acceptors (Lipinski definition) is 1. The second kappa shape index (κ2) is 5.12. The Bertz CT molecular complexity index is 275. The van der Waals surface area contributed by atoms with E-state index >= 15 is 0 Å². The minimum Gasteiger partial charge on any atom is -0.378 e. The van der Waals surface area contributed by atoms with Gasteiger partial charge in [-0.15, -0.1) is 0 Å². The third-order valence-corrected chi connectivity index (χ3v) is 3.37. The second-order valence-electron chi connectivity index (χ2n) is 3.82. The maximum Gasteiger partial charge on any atom is 0.0615 e. The summed E-state index contributed by atoms with van der Waals surface area (Å²) >= 11 is 2.34. The zero-order valence-corrected chi connectivity index (χ0v) is 10.4. The summed E-state index contributed by atoms with van der Waals surface area (Å²) in [6.07, 6.45) is 5.34. The van der Waals surface area contributed by atoms with E-state index in [-0.39, 0.29) is 0 Å². The van der Waals surface area contributed by atoms with Crippen molar-refractivity contribution in [3.8, 4) is 0 Å². The zero-order chi connectivity index (χ0) is 9.80. The van der Waals surface area contributed by atoms with Crippen molar-refractivity contribution in [2.24, 2.45) is 0 Å². The van der Waals surface area contributed by atoms with Crippen molar-refractivity contribution in [1.29, 1.82) is 0 Å². The fourth-order valence-corrected chi connectivity index (χ4v) is 2.21. The Morgan fingerprint density at radius 3 is 2.64 bits per heavy atom. The summed E-state index contributed by atoms with van der Waals surface area (Å²) < 4.78 is 7.01. The molecule has 0 saturated carbocycles. The fraction of sp³-hybridized carbons (Fsp3) is 0.500. The molecule has 2 heteroatoms. The van der Waals surface area contributed by atoms with Crippen LogP contribution in [0, 0.1) is 3.57 Å². The molecule has 1 aliphatic rings. The molecule has 1 aliphatic heterocycles. The van der Waals surface area contributed by atoms with Crippen molar-refractivity contribution in [3.05, 3.63) is 33.4 Å². The molecule has 1 saturated heterocycles. The zero-order valence-electron chi connectivity index (χ0n) is 8.21. The van der Waals surface area contributed by atoms with E-state index < -0.39 is 0 Å². The molecule has 1 atom stereocenters. The van der Waals surface area contributed by atoms with Crippen LogP contribution in [0.4, 0.5) is 0 Å². The Labute approximate surface area is 99.0 Å². The molecule has 0 radical (unpaired) electrons. The standard InChI is InChI=1S/C12H15IO/c13-11-6-4-10(5-7-11)9-12-3-1-2-8-14-12/h4-7,12H,1-3,8-9H2.